The third-order valence-electron chi connectivity index (χ3n) is 4.58. The molecule has 1 amide bonds. The Morgan fingerprint density at radius 2 is 1.88 bits per heavy atom. The van der Waals surface area contributed by atoms with E-state index in [1.54, 1.807) is 6.07 Å². The molecule has 1 N–H and O–H groups in total. The number of halogens is 2. The first-order valence-electron chi connectivity index (χ1n) is 7.97. The predicted molar refractivity (Wildman–Crippen MR) is 91.9 cm³/mol. The van der Waals surface area contributed by atoms with E-state index in [4.69, 9.17) is 16.3 Å². The maximum absolute atomic E-state index is 13.3. The van der Waals surface area contributed by atoms with Crippen LogP contribution in [0.3, 0.4) is 0 Å². The van der Waals surface area contributed by atoms with E-state index < -0.39 is 5.82 Å². The minimum atomic E-state index is -0.416. The lowest BCUT2D eigenvalue weighted by molar-refractivity contribution is 0.0487. The standard InChI is InChI=1S/C19H19ClFNO2/c20-16-6-4-15(5-7-16)19(8-10-24-11-9-19)13-22-18(23)14-2-1-3-17(21)12-14/h1-7,12H,8-11,13H2,(H,22,23). The number of amides is 1. The van der Waals surface area contributed by atoms with Gasteiger partial charge in [0.15, 0.2) is 0 Å². The van der Waals surface area contributed by atoms with Gasteiger partial charge in [0.1, 0.15) is 5.82 Å². The lowest BCUT2D eigenvalue weighted by Crippen LogP contribution is -2.44. The molecule has 2 aromatic rings. The van der Waals surface area contributed by atoms with E-state index in [2.05, 4.69) is 5.32 Å². The van der Waals surface area contributed by atoms with Crippen LogP contribution >= 0.6 is 11.6 Å². The molecule has 1 aliphatic rings. The van der Waals surface area contributed by atoms with Crippen molar-refractivity contribution in [2.45, 2.75) is 18.3 Å². The summed E-state index contributed by atoms with van der Waals surface area (Å²) in [5.74, 6) is -0.685. The van der Waals surface area contributed by atoms with Crippen LogP contribution in [0.2, 0.25) is 5.02 Å². The predicted octanol–water partition coefficient (Wildman–Crippen LogP) is 3.96. The van der Waals surface area contributed by atoms with Crippen LogP contribution in [-0.4, -0.2) is 25.7 Å². The highest BCUT2D eigenvalue weighted by Gasteiger charge is 2.34. The summed E-state index contributed by atoms with van der Waals surface area (Å²) in [5, 5.41) is 3.64. The topological polar surface area (TPSA) is 38.3 Å². The second kappa shape index (κ2) is 7.32. The molecule has 2 aromatic carbocycles. The van der Waals surface area contributed by atoms with Gasteiger partial charge in [0.25, 0.3) is 5.91 Å². The average Bonchev–Trinajstić information content (AvgIpc) is 2.61. The van der Waals surface area contributed by atoms with E-state index in [9.17, 15) is 9.18 Å². The van der Waals surface area contributed by atoms with Gasteiger partial charge in [0.05, 0.1) is 0 Å². The molecule has 0 saturated carbocycles. The van der Waals surface area contributed by atoms with Gasteiger partial charge in [-0.1, -0.05) is 29.8 Å². The first-order chi connectivity index (χ1) is 11.6. The van der Waals surface area contributed by atoms with Crippen molar-refractivity contribution in [1.82, 2.24) is 5.32 Å². The van der Waals surface area contributed by atoms with Crippen LogP contribution in [0.1, 0.15) is 28.8 Å². The molecule has 3 rings (SSSR count). The van der Waals surface area contributed by atoms with E-state index in [1.807, 2.05) is 24.3 Å². The van der Waals surface area contributed by atoms with Crippen LogP contribution in [-0.2, 0) is 10.2 Å². The molecule has 126 valence electrons. The Labute approximate surface area is 145 Å². The summed E-state index contributed by atoms with van der Waals surface area (Å²) in [5.41, 5.74) is 1.27. The Bertz CT molecular complexity index is 712. The maximum Gasteiger partial charge on any atom is 0.251 e. The summed E-state index contributed by atoms with van der Waals surface area (Å²) in [6, 6.07) is 13.4. The van der Waals surface area contributed by atoms with Crippen molar-refractivity contribution in [3.63, 3.8) is 0 Å². The molecule has 0 radical (unpaired) electrons. The van der Waals surface area contributed by atoms with Crippen molar-refractivity contribution in [2.24, 2.45) is 0 Å². The van der Waals surface area contributed by atoms with E-state index >= 15 is 0 Å². The molecular formula is C19H19ClFNO2. The van der Waals surface area contributed by atoms with Crippen LogP contribution in [0, 0.1) is 5.82 Å². The first kappa shape index (κ1) is 16.9. The van der Waals surface area contributed by atoms with E-state index in [1.165, 1.54) is 18.2 Å². The minimum Gasteiger partial charge on any atom is -0.381 e. The molecule has 0 bridgehead atoms. The summed E-state index contributed by atoms with van der Waals surface area (Å²) in [6.45, 7) is 1.78. The molecule has 1 heterocycles. The van der Waals surface area contributed by atoms with Gasteiger partial charge < -0.3 is 10.1 Å². The van der Waals surface area contributed by atoms with Gasteiger partial charge >= 0.3 is 0 Å². The molecule has 1 aliphatic heterocycles. The highest BCUT2D eigenvalue weighted by molar-refractivity contribution is 6.30. The molecule has 0 spiro atoms. The van der Waals surface area contributed by atoms with Gasteiger partial charge in [-0.05, 0) is 48.7 Å². The van der Waals surface area contributed by atoms with Crippen LogP contribution in [0.25, 0.3) is 0 Å². The maximum atomic E-state index is 13.3. The number of ether oxygens (including phenoxy) is 1. The summed E-state index contributed by atoms with van der Waals surface area (Å²) in [6.07, 6.45) is 1.64. The van der Waals surface area contributed by atoms with Gasteiger partial charge in [-0.3, -0.25) is 4.79 Å². The average molecular weight is 348 g/mol. The van der Waals surface area contributed by atoms with Crippen LogP contribution in [0.15, 0.2) is 48.5 Å². The molecule has 0 atom stereocenters. The SMILES string of the molecule is O=C(NCC1(c2ccc(Cl)cc2)CCOCC1)c1cccc(F)c1. The summed E-state index contributed by atoms with van der Waals surface area (Å²) in [7, 11) is 0. The Morgan fingerprint density at radius 1 is 1.17 bits per heavy atom. The van der Waals surface area contributed by atoms with Gasteiger partial charge in [0.2, 0.25) is 0 Å². The Morgan fingerprint density at radius 3 is 2.54 bits per heavy atom. The van der Waals surface area contributed by atoms with E-state index in [0.717, 1.165) is 18.4 Å². The zero-order chi connectivity index (χ0) is 17.0. The molecule has 3 nitrogen and oxygen atoms in total. The van der Waals surface area contributed by atoms with E-state index in [0.29, 0.717) is 30.3 Å². The highest BCUT2D eigenvalue weighted by atomic mass is 35.5. The Kier molecular flexibility index (Phi) is 5.17. The lowest BCUT2D eigenvalue weighted by atomic mass is 9.74. The fourth-order valence-corrected chi connectivity index (χ4v) is 3.24. The zero-order valence-electron chi connectivity index (χ0n) is 13.2. The molecule has 0 aliphatic carbocycles. The van der Waals surface area contributed by atoms with Crippen molar-refractivity contribution in [3.05, 3.63) is 70.5 Å². The lowest BCUT2D eigenvalue weighted by Gasteiger charge is -2.38. The Hall–Kier alpha value is -1.91. The summed E-state index contributed by atoms with van der Waals surface area (Å²) < 4.78 is 18.8. The molecule has 1 fully saturated rings. The largest absolute Gasteiger partial charge is 0.381 e. The van der Waals surface area contributed by atoms with Gasteiger partial charge in [-0.15, -0.1) is 0 Å². The second-order valence-corrected chi connectivity index (χ2v) is 6.53. The van der Waals surface area contributed by atoms with Gasteiger partial charge in [-0.25, -0.2) is 4.39 Å². The summed E-state index contributed by atoms with van der Waals surface area (Å²) in [4.78, 5) is 12.3. The number of rotatable bonds is 4. The highest BCUT2D eigenvalue weighted by Crippen LogP contribution is 2.35. The number of hydrogen-bond donors (Lipinski definition) is 1. The molecular weight excluding hydrogens is 329 g/mol. The third kappa shape index (κ3) is 3.77. The van der Waals surface area contributed by atoms with Crippen LogP contribution in [0.5, 0.6) is 0 Å². The third-order valence-corrected chi connectivity index (χ3v) is 4.83. The summed E-state index contributed by atoms with van der Waals surface area (Å²) >= 11 is 5.99. The minimum absolute atomic E-state index is 0.189. The van der Waals surface area contributed by atoms with Crippen molar-refractivity contribution in [3.8, 4) is 0 Å². The fourth-order valence-electron chi connectivity index (χ4n) is 3.11. The van der Waals surface area contributed by atoms with Crippen molar-refractivity contribution in [2.75, 3.05) is 19.8 Å². The van der Waals surface area contributed by atoms with Gasteiger partial charge in [-0.2, -0.15) is 0 Å². The number of nitrogens with one attached hydrogen (secondary N) is 1. The molecule has 0 aromatic heterocycles. The molecule has 1 saturated heterocycles. The fraction of sp³-hybridized carbons (Fsp3) is 0.316. The van der Waals surface area contributed by atoms with Crippen molar-refractivity contribution < 1.29 is 13.9 Å². The van der Waals surface area contributed by atoms with Crippen LogP contribution in [0.4, 0.5) is 4.39 Å². The first-order valence-corrected chi connectivity index (χ1v) is 8.34. The Balaban J connectivity index is 1.77. The van der Waals surface area contributed by atoms with Crippen LogP contribution < -0.4 is 5.32 Å². The number of carbonyl (C=O) groups excluding carboxylic acids is 1. The smallest absolute Gasteiger partial charge is 0.251 e. The van der Waals surface area contributed by atoms with Gasteiger partial charge in [0, 0.05) is 35.8 Å². The molecule has 5 heteroatoms. The van der Waals surface area contributed by atoms with Crippen molar-refractivity contribution >= 4 is 17.5 Å². The second-order valence-electron chi connectivity index (χ2n) is 6.09. The quantitative estimate of drug-likeness (QED) is 0.909. The molecule has 24 heavy (non-hydrogen) atoms. The number of hydrogen-bond acceptors (Lipinski definition) is 2. The number of benzene rings is 2. The monoisotopic (exact) mass is 347 g/mol. The van der Waals surface area contributed by atoms with Crippen molar-refractivity contribution in [1.29, 1.82) is 0 Å². The van der Waals surface area contributed by atoms with E-state index in [-0.39, 0.29) is 11.3 Å². The zero-order valence-corrected chi connectivity index (χ0v) is 14.0. The molecule has 0 unspecified atom stereocenters. The normalized spacial score (nSPS) is 16.6. The number of carbonyl (C=O) groups is 1.